The summed E-state index contributed by atoms with van der Waals surface area (Å²) in [5.74, 6) is 0.297. The van der Waals surface area contributed by atoms with Crippen molar-refractivity contribution in [2.24, 2.45) is 14.6 Å². The molecule has 41 heavy (non-hydrogen) atoms. The van der Waals surface area contributed by atoms with Crippen molar-refractivity contribution in [2.75, 3.05) is 19.6 Å². The van der Waals surface area contributed by atoms with Crippen LogP contribution in [0.15, 0.2) is 93.3 Å². The Kier molecular flexibility index (Phi) is 12.3. The van der Waals surface area contributed by atoms with E-state index in [0.717, 1.165) is 42.8 Å². The Labute approximate surface area is 254 Å². The number of nitrogens with two attached hydrogens (primary N) is 1. The third kappa shape index (κ3) is 9.09. The number of rotatable bonds is 4. The highest BCUT2D eigenvalue weighted by Crippen LogP contribution is 2.31. The standard InChI is InChI=1S/C26H24Cl2N4O2S.C2H6.H3NO2S/c27-21-10-8-20(9-11-21)25-24(19-6-2-1-3-7-19)18-32(29-25)26(31-16-4-5-17-31)30-35(33,34)23-14-12-22(28)13-15-23;1-2;1-4(2)3/h1-3,6-15,24H,4-5,16-18H2;1-2H3;1H2,(H,2,3)/p-1/b30-26-;;. The van der Waals surface area contributed by atoms with Gasteiger partial charge in [0.2, 0.25) is 5.96 Å². The van der Waals surface area contributed by atoms with Gasteiger partial charge in [0.1, 0.15) is 0 Å². The molecule has 0 bridgehead atoms. The van der Waals surface area contributed by atoms with Crippen LogP contribution in [0.2, 0.25) is 10.0 Å². The summed E-state index contributed by atoms with van der Waals surface area (Å²) >= 11 is 9.73. The molecule has 2 N–H and O–H groups in total. The molecule has 1 fully saturated rings. The topological polar surface area (TPSA) is 131 Å². The SMILES string of the molecule is CC.NS(=O)[O-].O=S(=O)(/N=C(/N1CCCC1)N1CC(c2ccccc2)C(c2ccc(Cl)cc2)=N1)c1ccc(Cl)cc1. The maximum Gasteiger partial charge on any atom is 0.285 e. The summed E-state index contributed by atoms with van der Waals surface area (Å²) in [6, 6.07) is 23.7. The van der Waals surface area contributed by atoms with Crippen LogP contribution in [0.25, 0.3) is 0 Å². The minimum atomic E-state index is -3.96. The number of nitrogens with zero attached hydrogens (tertiary/aromatic N) is 4. The van der Waals surface area contributed by atoms with Gasteiger partial charge in [-0.2, -0.15) is 13.5 Å². The summed E-state index contributed by atoms with van der Waals surface area (Å²) in [7, 11) is -3.96. The lowest BCUT2D eigenvalue weighted by atomic mass is 9.91. The predicted octanol–water partition coefficient (Wildman–Crippen LogP) is 5.40. The molecular weight excluding hydrogens is 605 g/mol. The molecule has 2 unspecified atom stereocenters. The summed E-state index contributed by atoms with van der Waals surface area (Å²) in [5.41, 5.74) is 2.89. The van der Waals surface area contributed by atoms with Crippen LogP contribution < -0.4 is 5.14 Å². The molecular formula is C28H32Cl2N5O4S2-. The van der Waals surface area contributed by atoms with E-state index in [0.29, 0.717) is 22.5 Å². The molecule has 1 saturated heterocycles. The Hall–Kier alpha value is -2.80. The first kappa shape index (κ1) is 32.7. The molecule has 0 aromatic heterocycles. The molecule has 0 amide bonds. The number of benzene rings is 3. The van der Waals surface area contributed by atoms with Crippen molar-refractivity contribution in [3.05, 3.63) is 100 Å². The van der Waals surface area contributed by atoms with Crippen LogP contribution in [-0.2, 0) is 21.3 Å². The number of hydrazone groups is 1. The number of halogens is 2. The molecule has 0 saturated carbocycles. The van der Waals surface area contributed by atoms with Crippen LogP contribution in [0.1, 0.15) is 43.7 Å². The third-order valence-electron chi connectivity index (χ3n) is 6.19. The fourth-order valence-electron chi connectivity index (χ4n) is 4.41. The zero-order valence-electron chi connectivity index (χ0n) is 22.7. The molecule has 3 aromatic carbocycles. The van der Waals surface area contributed by atoms with Gasteiger partial charge in [0.15, 0.2) is 0 Å². The van der Waals surface area contributed by atoms with Gasteiger partial charge >= 0.3 is 0 Å². The van der Waals surface area contributed by atoms with Gasteiger partial charge in [-0.3, -0.25) is 9.35 Å². The highest BCUT2D eigenvalue weighted by molar-refractivity contribution is 7.90. The Morgan fingerprint density at radius 2 is 1.46 bits per heavy atom. The molecule has 220 valence electrons. The van der Waals surface area contributed by atoms with E-state index in [1.165, 1.54) is 12.1 Å². The van der Waals surface area contributed by atoms with E-state index in [2.05, 4.69) is 21.7 Å². The number of guanidine groups is 1. The molecule has 2 atom stereocenters. The Morgan fingerprint density at radius 1 is 0.951 bits per heavy atom. The number of likely N-dealkylation sites (tertiary alicyclic amines) is 1. The lowest BCUT2D eigenvalue weighted by Crippen LogP contribution is -2.40. The fraction of sp³-hybridized carbons (Fsp3) is 0.286. The molecule has 0 aliphatic carbocycles. The Balaban J connectivity index is 0.000000710. The van der Waals surface area contributed by atoms with Crippen LogP contribution in [0, 0.1) is 0 Å². The molecule has 2 heterocycles. The van der Waals surface area contributed by atoms with E-state index in [1.807, 2.05) is 61.2 Å². The number of hydrogen-bond donors (Lipinski definition) is 1. The largest absolute Gasteiger partial charge is 0.760 e. The fourth-order valence-corrected chi connectivity index (χ4v) is 5.67. The average molecular weight is 638 g/mol. The average Bonchev–Trinajstić information content (AvgIpc) is 3.65. The molecule has 3 aromatic rings. The third-order valence-corrected chi connectivity index (χ3v) is 7.96. The molecule has 2 aliphatic rings. The van der Waals surface area contributed by atoms with Gasteiger partial charge in [-0.15, -0.1) is 4.40 Å². The van der Waals surface area contributed by atoms with Crippen LogP contribution in [-0.4, -0.2) is 58.4 Å². The Morgan fingerprint density at radius 3 is 2.00 bits per heavy atom. The van der Waals surface area contributed by atoms with Crippen molar-refractivity contribution in [3.8, 4) is 0 Å². The lowest BCUT2D eigenvalue weighted by molar-refractivity contribution is 0.376. The van der Waals surface area contributed by atoms with Gasteiger partial charge in [-0.25, -0.2) is 5.01 Å². The van der Waals surface area contributed by atoms with Gasteiger partial charge in [-0.05, 0) is 60.4 Å². The quantitative estimate of drug-likeness (QED) is 0.232. The van der Waals surface area contributed by atoms with Gasteiger partial charge in [-0.1, -0.05) is 79.5 Å². The maximum atomic E-state index is 13.3. The van der Waals surface area contributed by atoms with E-state index in [-0.39, 0.29) is 10.8 Å². The van der Waals surface area contributed by atoms with Crippen LogP contribution in [0.3, 0.4) is 0 Å². The number of hydrogen-bond acceptors (Lipinski definition) is 5. The molecule has 9 nitrogen and oxygen atoms in total. The molecule has 2 aliphatic heterocycles. The first-order chi connectivity index (χ1) is 19.6. The highest BCUT2D eigenvalue weighted by Gasteiger charge is 2.35. The van der Waals surface area contributed by atoms with E-state index in [4.69, 9.17) is 37.1 Å². The molecule has 13 heteroatoms. The van der Waals surface area contributed by atoms with Crippen molar-refractivity contribution >= 4 is 56.2 Å². The predicted molar refractivity (Wildman–Crippen MR) is 165 cm³/mol. The first-order valence-corrected chi connectivity index (χ1v) is 16.3. The van der Waals surface area contributed by atoms with Gasteiger partial charge in [0, 0.05) is 40.3 Å². The molecule has 0 radical (unpaired) electrons. The normalized spacial score (nSPS) is 17.7. The van der Waals surface area contributed by atoms with Crippen molar-refractivity contribution in [1.82, 2.24) is 9.91 Å². The van der Waals surface area contributed by atoms with Crippen molar-refractivity contribution < 1.29 is 17.2 Å². The second-order valence-electron chi connectivity index (χ2n) is 8.81. The zero-order valence-corrected chi connectivity index (χ0v) is 25.8. The van der Waals surface area contributed by atoms with Gasteiger partial charge in [0.25, 0.3) is 10.0 Å². The zero-order chi connectivity index (χ0) is 30.0. The van der Waals surface area contributed by atoms with Crippen LogP contribution in [0.4, 0.5) is 0 Å². The second kappa shape index (κ2) is 15.4. The van der Waals surface area contributed by atoms with Crippen molar-refractivity contribution in [3.63, 3.8) is 0 Å². The maximum absolute atomic E-state index is 13.3. The first-order valence-electron chi connectivity index (χ1n) is 13.0. The van der Waals surface area contributed by atoms with Gasteiger partial charge in [0.05, 0.1) is 17.2 Å². The lowest BCUT2D eigenvalue weighted by Gasteiger charge is -2.26. The molecule has 5 rings (SSSR count). The second-order valence-corrected chi connectivity index (χ2v) is 11.8. The van der Waals surface area contributed by atoms with E-state index < -0.39 is 21.3 Å². The monoisotopic (exact) mass is 636 g/mol. The van der Waals surface area contributed by atoms with Crippen molar-refractivity contribution in [1.29, 1.82) is 0 Å². The summed E-state index contributed by atoms with van der Waals surface area (Å²) in [6.45, 7) is 5.94. The molecule has 0 spiro atoms. The Bertz CT molecular complexity index is 1460. The van der Waals surface area contributed by atoms with E-state index >= 15 is 0 Å². The van der Waals surface area contributed by atoms with Crippen LogP contribution in [0.5, 0.6) is 0 Å². The minimum absolute atomic E-state index is 0.0524. The minimum Gasteiger partial charge on any atom is -0.760 e. The number of sulfonamides is 1. The van der Waals surface area contributed by atoms with Crippen LogP contribution >= 0.6 is 23.2 Å². The summed E-state index contributed by atoms with van der Waals surface area (Å²) in [4.78, 5) is 2.10. The summed E-state index contributed by atoms with van der Waals surface area (Å²) in [5, 5.41) is 11.8. The smallest absolute Gasteiger partial charge is 0.285 e. The van der Waals surface area contributed by atoms with Gasteiger partial charge < -0.3 is 9.45 Å². The summed E-state index contributed by atoms with van der Waals surface area (Å²) < 4.78 is 48.4. The van der Waals surface area contributed by atoms with Crippen molar-refractivity contribution in [2.45, 2.75) is 37.5 Å². The highest BCUT2D eigenvalue weighted by atomic mass is 35.5. The summed E-state index contributed by atoms with van der Waals surface area (Å²) in [6.07, 6.45) is 1.95. The van der Waals surface area contributed by atoms with E-state index in [1.54, 1.807) is 17.1 Å². The van der Waals surface area contributed by atoms with E-state index in [9.17, 15) is 8.42 Å².